The number of hydrogen-bond acceptors (Lipinski definition) is 7. The fraction of sp³-hybridized carbons (Fsp3) is 0.312. The minimum Gasteiger partial charge on any atom is -0.507 e. The molecule has 1 N–H and O–H groups in total. The molecular weight excluding hydrogens is 508 g/mol. The quantitative estimate of drug-likeness (QED) is 0.207. The summed E-state index contributed by atoms with van der Waals surface area (Å²) in [5.74, 6) is 0.0713. The Balaban J connectivity index is 1.74. The van der Waals surface area contributed by atoms with Gasteiger partial charge in [-0.3, -0.25) is 9.59 Å². The molecule has 8 heteroatoms. The fourth-order valence-corrected chi connectivity index (χ4v) is 4.77. The van der Waals surface area contributed by atoms with Gasteiger partial charge < -0.3 is 29.1 Å². The van der Waals surface area contributed by atoms with Crippen LogP contribution in [0.3, 0.4) is 0 Å². The molecule has 1 heterocycles. The molecule has 0 bridgehead atoms. The van der Waals surface area contributed by atoms with E-state index in [1.165, 1.54) is 12.0 Å². The molecule has 1 aliphatic heterocycles. The lowest BCUT2D eigenvalue weighted by molar-refractivity contribution is -0.140. The zero-order valence-electron chi connectivity index (χ0n) is 23.6. The molecule has 8 nitrogen and oxygen atoms in total. The number of aryl methyl sites for hydroxylation is 1. The minimum atomic E-state index is -0.794. The molecule has 0 aliphatic carbocycles. The van der Waals surface area contributed by atoms with Crippen molar-refractivity contribution in [3.05, 3.63) is 94.6 Å². The molecule has 0 saturated carbocycles. The number of hydrogen-bond donors (Lipinski definition) is 1. The van der Waals surface area contributed by atoms with Crippen molar-refractivity contribution < 1.29 is 28.9 Å². The Hall–Kier alpha value is -4.30. The van der Waals surface area contributed by atoms with Crippen LogP contribution in [0, 0.1) is 6.92 Å². The Kier molecular flexibility index (Phi) is 9.11. The Morgan fingerprint density at radius 3 is 2.38 bits per heavy atom. The molecule has 4 rings (SSSR count). The zero-order chi connectivity index (χ0) is 28.8. The van der Waals surface area contributed by atoms with E-state index in [0.29, 0.717) is 60.2 Å². The number of aliphatic hydroxyl groups is 1. The van der Waals surface area contributed by atoms with E-state index >= 15 is 0 Å². The van der Waals surface area contributed by atoms with Gasteiger partial charge in [-0.25, -0.2) is 0 Å². The summed E-state index contributed by atoms with van der Waals surface area (Å²) in [7, 11) is 5.34. The van der Waals surface area contributed by atoms with Gasteiger partial charge in [-0.1, -0.05) is 36.4 Å². The maximum absolute atomic E-state index is 13.4. The smallest absolute Gasteiger partial charge is 0.295 e. The lowest BCUT2D eigenvalue weighted by Crippen LogP contribution is -2.35. The number of Topliss-reactive ketones (excluding diaryl/α,β-unsaturated/α-hetero) is 1. The van der Waals surface area contributed by atoms with Gasteiger partial charge in [0.05, 0.1) is 25.3 Å². The number of carbonyl (C=O) groups is 2. The van der Waals surface area contributed by atoms with E-state index in [2.05, 4.69) is 0 Å². The third-order valence-corrected chi connectivity index (χ3v) is 6.83. The average molecular weight is 545 g/mol. The first-order valence-corrected chi connectivity index (χ1v) is 13.3. The highest BCUT2D eigenvalue weighted by atomic mass is 16.5. The third-order valence-electron chi connectivity index (χ3n) is 6.83. The predicted molar refractivity (Wildman–Crippen MR) is 154 cm³/mol. The van der Waals surface area contributed by atoms with Gasteiger partial charge in [-0.05, 0) is 75.0 Å². The number of carbonyl (C=O) groups excluding carboxylic acids is 2. The lowest BCUT2D eigenvalue weighted by Gasteiger charge is -2.27. The highest BCUT2D eigenvalue weighted by Crippen LogP contribution is 2.42. The first kappa shape index (κ1) is 28.7. The highest BCUT2D eigenvalue weighted by molar-refractivity contribution is 6.46. The average Bonchev–Trinajstić information content (AvgIpc) is 3.20. The molecule has 1 aliphatic rings. The van der Waals surface area contributed by atoms with Crippen LogP contribution in [0.25, 0.3) is 5.76 Å². The molecule has 0 unspecified atom stereocenters. The zero-order valence-corrected chi connectivity index (χ0v) is 23.6. The van der Waals surface area contributed by atoms with Crippen molar-refractivity contribution in [3.8, 4) is 17.2 Å². The summed E-state index contributed by atoms with van der Waals surface area (Å²) in [4.78, 5) is 30.1. The topological polar surface area (TPSA) is 88.5 Å². The number of aliphatic hydroxyl groups excluding tert-OH is 1. The van der Waals surface area contributed by atoms with Crippen molar-refractivity contribution in [2.75, 3.05) is 40.9 Å². The fourth-order valence-electron chi connectivity index (χ4n) is 4.77. The number of amides is 1. The molecule has 0 aromatic heterocycles. The van der Waals surface area contributed by atoms with Gasteiger partial charge in [-0.15, -0.1) is 0 Å². The molecule has 0 spiro atoms. The monoisotopic (exact) mass is 544 g/mol. The predicted octanol–water partition coefficient (Wildman–Crippen LogP) is 4.96. The van der Waals surface area contributed by atoms with Crippen LogP contribution in [0.1, 0.15) is 35.2 Å². The summed E-state index contributed by atoms with van der Waals surface area (Å²) in [5, 5.41) is 11.6. The summed E-state index contributed by atoms with van der Waals surface area (Å²) < 4.78 is 17.1. The number of rotatable bonds is 11. The Morgan fingerprint density at radius 1 is 0.975 bits per heavy atom. The summed E-state index contributed by atoms with van der Waals surface area (Å²) in [5.41, 5.74) is 2.89. The Labute approximate surface area is 235 Å². The number of nitrogens with zero attached hydrogens (tertiary/aromatic N) is 2. The van der Waals surface area contributed by atoms with Gasteiger partial charge >= 0.3 is 0 Å². The normalized spacial score (nSPS) is 16.4. The molecule has 1 atom stereocenters. The second-order valence-corrected chi connectivity index (χ2v) is 9.89. The van der Waals surface area contributed by atoms with Crippen molar-refractivity contribution in [3.63, 3.8) is 0 Å². The molecular formula is C32H36N2O6. The first-order valence-electron chi connectivity index (χ1n) is 13.3. The van der Waals surface area contributed by atoms with Crippen molar-refractivity contribution in [2.45, 2.75) is 26.5 Å². The summed E-state index contributed by atoms with van der Waals surface area (Å²) in [6.07, 6.45) is 0. The third kappa shape index (κ3) is 6.13. The van der Waals surface area contributed by atoms with E-state index in [1.54, 1.807) is 30.3 Å². The summed E-state index contributed by atoms with van der Waals surface area (Å²) in [6.45, 7) is 5.43. The summed E-state index contributed by atoms with van der Waals surface area (Å²) in [6, 6.07) is 19.6. The van der Waals surface area contributed by atoms with E-state index in [9.17, 15) is 14.7 Å². The number of likely N-dealkylation sites (tertiary alicyclic amines) is 1. The van der Waals surface area contributed by atoms with Crippen LogP contribution in [0.4, 0.5) is 0 Å². The van der Waals surface area contributed by atoms with E-state index in [4.69, 9.17) is 14.2 Å². The van der Waals surface area contributed by atoms with Crippen LogP contribution in [-0.2, 0) is 16.2 Å². The van der Waals surface area contributed by atoms with E-state index < -0.39 is 17.7 Å². The largest absolute Gasteiger partial charge is 0.507 e. The molecule has 210 valence electrons. The molecule has 0 radical (unpaired) electrons. The van der Waals surface area contributed by atoms with Crippen LogP contribution < -0.4 is 14.2 Å². The van der Waals surface area contributed by atoms with Gasteiger partial charge in [0.25, 0.3) is 11.7 Å². The van der Waals surface area contributed by atoms with Gasteiger partial charge in [0.15, 0.2) is 11.5 Å². The van der Waals surface area contributed by atoms with Crippen LogP contribution in [0.15, 0.2) is 72.3 Å². The standard InChI is InChI=1S/C32H36N2O6/c1-6-39-26-15-12-23(19-27(26)38-5)29-28(31(36)32(37)34(29)17-16-33(3)4)30(35)25-14-13-24(18-21(25)2)40-20-22-10-8-7-9-11-22/h7-15,18-19,29,35H,6,16-17,20H2,1-5H3/b30-28+/t29-/m1/s1. The summed E-state index contributed by atoms with van der Waals surface area (Å²) >= 11 is 0. The molecule has 1 saturated heterocycles. The number of benzene rings is 3. The van der Waals surface area contributed by atoms with E-state index in [1.807, 2.05) is 69.2 Å². The van der Waals surface area contributed by atoms with E-state index in [0.717, 1.165) is 5.56 Å². The van der Waals surface area contributed by atoms with Crippen molar-refractivity contribution >= 4 is 17.4 Å². The van der Waals surface area contributed by atoms with Gasteiger partial charge in [0.2, 0.25) is 0 Å². The number of likely N-dealkylation sites (N-methyl/N-ethyl adjacent to an activating group) is 1. The minimum absolute atomic E-state index is 0.0380. The highest BCUT2D eigenvalue weighted by Gasteiger charge is 2.46. The van der Waals surface area contributed by atoms with Crippen molar-refractivity contribution in [2.24, 2.45) is 0 Å². The van der Waals surface area contributed by atoms with Crippen LogP contribution in [0.5, 0.6) is 17.2 Å². The molecule has 1 amide bonds. The molecule has 3 aromatic rings. The first-order chi connectivity index (χ1) is 19.2. The van der Waals surface area contributed by atoms with Crippen molar-refractivity contribution in [1.29, 1.82) is 0 Å². The van der Waals surface area contributed by atoms with Gasteiger partial charge in [-0.2, -0.15) is 0 Å². The number of ether oxygens (including phenoxy) is 3. The second-order valence-electron chi connectivity index (χ2n) is 9.89. The number of ketones is 1. The van der Waals surface area contributed by atoms with Crippen LogP contribution >= 0.6 is 0 Å². The molecule has 1 fully saturated rings. The maximum atomic E-state index is 13.4. The second kappa shape index (κ2) is 12.7. The Bertz CT molecular complexity index is 1400. The van der Waals surface area contributed by atoms with Gasteiger partial charge in [0, 0.05) is 18.7 Å². The van der Waals surface area contributed by atoms with Crippen LogP contribution in [-0.4, -0.2) is 67.5 Å². The van der Waals surface area contributed by atoms with Crippen LogP contribution in [0.2, 0.25) is 0 Å². The van der Waals surface area contributed by atoms with E-state index in [-0.39, 0.29) is 11.3 Å². The lowest BCUT2D eigenvalue weighted by atomic mass is 9.93. The maximum Gasteiger partial charge on any atom is 0.295 e. The molecule has 40 heavy (non-hydrogen) atoms. The Morgan fingerprint density at radius 2 is 1.73 bits per heavy atom. The van der Waals surface area contributed by atoms with Gasteiger partial charge in [0.1, 0.15) is 18.1 Å². The number of methoxy groups -OCH3 is 1. The molecule has 3 aromatic carbocycles. The SMILES string of the molecule is CCOc1ccc([C@@H]2/C(=C(\O)c3ccc(OCc4ccccc4)cc3C)C(=O)C(=O)N2CCN(C)C)cc1OC. The van der Waals surface area contributed by atoms with Crippen molar-refractivity contribution in [1.82, 2.24) is 9.80 Å².